The Morgan fingerprint density at radius 3 is 2.45 bits per heavy atom. The van der Waals surface area contributed by atoms with E-state index in [0.29, 0.717) is 3.92 Å². The quantitative estimate of drug-likeness (QED) is 0.652. The summed E-state index contributed by atoms with van der Waals surface area (Å²) in [6, 6.07) is 10.2. The highest BCUT2D eigenvalue weighted by atomic mass is 127. The Morgan fingerprint density at radius 2 is 1.91 bits per heavy atom. The Kier molecular flexibility index (Phi) is 3.86. The first-order valence-corrected chi connectivity index (χ1v) is 4.86. The summed E-state index contributed by atoms with van der Waals surface area (Å²) in [7, 11) is 0. The van der Waals surface area contributed by atoms with Gasteiger partial charge in [0.1, 0.15) is 0 Å². The second-order valence-corrected chi connectivity index (χ2v) is 4.23. The summed E-state index contributed by atoms with van der Waals surface area (Å²) < 4.78 is 0.343. The Hall–Kier alpha value is -0.0900. The van der Waals surface area contributed by atoms with Gasteiger partial charge in [0, 0.05) is 3.92 Å². The number of rotatable bonds is 3. The van der Waals surface area contributed by atoms with E-state index in [1.807, 2.05) is 18.2 Å². The molecular weight excluding hydrogens is 251 g/mol. The molecule has 0 radical (unpaired) electrons. The SMILES string of the molecule is OCC(I)Cc1ccccc1. The van der Waals surface area contributed by atoms with E-state index in [2.05, 4.69) is 34.7 Å². The monoisotopic (exact) mass is 262 g/mol. The van der Waals surface area contributed by atoms with Crippen molar-refractivity contribution in [1.29, 1.82) is 0 Å². The van der Waals surface area contributed by atoms with Crippen LogP contribution >= 0.6 is 22.6 Å². The van der Waals surface area contributed by atoms with Crippen molar-refractivity contribution in [2.45, 2.75) is 10.3 Å². The largest absolute Gasteiger partial charge is 0.395 e. The van der Waals surface area contributed by atoms with Gasteiger partial charge in [0.25, 0.3) is 0 Å². The highest BCUT2D eigenvalue weighted by molar-refractivity contribution is 14.1. The summed E-state index contributed by atoms with van der Waals surface area (Å²) in [6.07, 6.45) is 0.956. The zero-order valence-corrected chi connectivity index (χ0v) is 8.36. The molecule has 1 atom stereocenters. The molecule has 1 N–H and O–H groups in total. The van der Waals surface area contributed by atoms with Crippen molar-refractivity contribution in [2.24, 2.45) is 0 Å². The van der Waals surface area contributed by atoms with Crippen molar-refractivity contribution in [3.63, 3.8) is 0 Å². The van der Waals surface area contributed by atoms with Gasteiger partial charge in [0.15, 0.2) is 0 Å². The summed E-state index contributed by atoms with van der Waals surface area (Å²) >= 11 is 2.26. The van der Waals surface area contributed by atoms with Gasteiger partial charge >= 0.3 is 0 Å². The molecule has 11 heavy (non-hydrogen) atoms. The molecule has 1 aromatic carbocycles. The minimum Gasteiger partial charge on any atom is -0.395 e. The summed E-state index contributed by atoms with van der Waals surface area (Å²) in [5.41, 5.74) is 1.29. The van der Waals surface area contributed by atoms with Crippen LogP contribution in [0.2, 0.25) is 0 Å². The first-order valence-electron chi connectivity index (χ1n) is 3.62. The molecule has 0 aliphatic rings. The molecule has 2 heteroatoms. The summed E-state index contributed by atoms with van der Waals surface area (Å²) in [5, 5.41) is 8.79. The van der Waals surface area contributed by atoms with E-state index < -0.39 is 0 Å². The molecule has 1 rings (SSSR count). The van der Waals surface area contributed by atoms with Crippen LogP contribution in [0.15, 0.2) is 30.3 Å². The van der Waals surface area contributed by atoms with Gasteiger partial charge in [0.2, 0.25) is 0 Å². The van der Waals surface area contributed by atoms with Gasteiger partial charge in [-0.05, 0) is 12.0 Å². The van der Waals surface area contributed by atoms with Gasteiger partial charge in [-0.25, -0.2) is 0 Å². The molecule has 0 saturated carbocycles. The van der Waals surface area contributed by atoms with Gasteiger partial charge in [-0.3, -0.25) is 0 Å². The average Bonchev–Trinajstić information content (AvgIpc) is 2.06. The molecule has 1 nitrogen and oxygen atoms in total. The first-order chi connectivity index (χ1) is 5.33. The van der Waals surface area contributed by atoms with Gasteiger partial charge in [-0.1, -0.05) is 52.9 Å². The van der Waals surface area contributed by atoms with E-state index >= 15 is 0 Å². The van der Waals surface area contributed by atoms with Crippen LogP contribution in [0.4, 0.5) is 0 Å². The molecule has 60 valence electrons. The van der Waals surface area contributed by atoms with Gasteiger partial charge in [-0.15, -0.1) is 0 Å². The van der Waals surface area contributed by atoms with Crippen molar-refractivity contribution in [3.8, 4) is 0 Å². The van der Waals surface area contributed by atoms with Crippen LogP contribution in [0.25, 0.3) is 0 Å². The van der Waals surface area contributed by atoms with Crippen LogP contribution in [-0.4, -0.2) is 15.6 Å². The fraction of sp³-hybridized carbons (Fsp3) is 0.333. The average molecular weight is 262 g/mol. The predicted molar refractivity (Wildman–Crippen MR) is 55.0 cm³/mol. The third kappa shape index (κ3) is 3.20. The summed E-state index contributed by atoms with van der Waals surface area (Å²) in [6.45, 7) is 0.259. The Morgan fingerprint density at radius 1 is 1.27 bits per heavy atom. The zero-order valence-electron chi connectivity index (χ0n) is 6.20. The first kappa shape index (κ1) is 9.00. The van der Waals surface area contributed by atoms with Crippen molar-refractivity contribution in [2.75, 3.05) is 6.61 Å². The normalized spacial score (nSPS) is 12.9. The highest BCUT2D eigenvalue weighted by Gasteiger charge is 2.01. The lowest BCUT2D eigenvalue weighted by Gasteiger charge is -2.04. The van der Waals surface area contributed by atoms with Crippen LogP contribution in [0.5, 0.6) is 0 Å². The number of aliphatic hydroxyl groups excluding tert-OH is 1. The molecule has 1 unspecified atom stereocenters. The molecule has 0 bridgehead atoms. The Labute approximate surface area is 80.6 Å². The van der Waals surface area contributed by atoms with Gasteiger partial charge < -0.3 is 5.11 Å². The maximum atomic E-state index is 8.79. The third-order valence-corrected chi connectivity index (χ3v) is 2.33. The topological polar surface area (TPSA) is 20.2 Å². The fourth-order valence-electron chi connectivity index (χ4n) is 0.934. The minimum absolute atomic E-state index is 0.259. The van der Waals surface area contributed by atoms with E-state index in [-0.39, 0.29) is 6.61 Å². The van der Waals surface area contributed by atoms with E-state index in [9.17, 15) is 0 Å². The molecule has 0 aromatic heterocycles. The number of hydrogen-bond acceptors (Lipinski definition) is 1. The third-order valence-electron chi connectivity index (χ3n) is 1.50. The number of benzene rings is 1. The maximum absolute atomic E-state index is 8.79. The zero-order chi connectivity index (χ0) is 8.10. The van der Waals surface area contributed by atoms with E-state index in [1.165, 1.54) is 5.56 Å². The molecule has 0 heterocycles. The molecular formula is C9H11IO. The number of halogens is 1. The Balaban J connectivity index is 2.51. The van der Waals surface area contributed by atoms with Crippen LogP contribution < -0.4 is 0 Å². The van der Waals surface area contributed by atoms with E-state index in [1.54, 1.807) is 0 Å². The lowest BCUT2D eigenvalue weighted by atomic mass is 10.1. The molecule has 0 aliphatic carbocycles. The highest BCUT2D eigenvalue weighted by Crippen LogP contribution is 2.08. The van der Waals surface area contributed by atoms with Crippen LogP contribution in [0.1, 0.15) is 5.56 Å². The van der Waals surface area contributed by atoms with Crippen LogP contribution in [0, 0.1) is 0 Å². The predicted octanol–water partition coefficient (Wildman–Crippen LogP) is 2.03. The number of hydrogen-bond donors (Lipinski definition) is 1. The second kappa shape index (κ2) is 4.72. The molecule has 0 fully saturated rings. The standard InChI is InChI=1S/C9H11IO/c10-9(7-11)6-8-4-2-1-3-5-8/h1-5,9,11H,6-7H2. The van der Waals surface area contributed by atoms with Crippen LogP contribution in [-0.2, 0) is 6.42 Å². The van der Waals surface area contributed by atoms with Gasteiger partial charge in [-0.2, -0.15) is 0 Å². The number of alkyl halides is 1. The van der Waals surface area contributed by atoms with Crippen molar-refractivity contribution >= 4 is 22.6 Å². The minimum atomic E-state index is 0.259. The maximum Gasteiger partial charge on any atom is 0.0552 e. The fourth-order valence-corrected chi connectivity index (χ4v) is 1.44. The lowest BCUT2D eigenvalue weighted by molar-refractivity contribution is 0.299. The molecule has 1 aromatic rings. The van der Waals surface area contributed by atoms with E-state index in [4.69, 9.17) is 5.11 Å². The molecule has 0 aliphatic heterocycles. The number of aliphatic hydroxyl groups is 1. The van der Waals surface area contributed by atoms with Crippen LogP contribution in [0.3, 0.4) is 0 Å². The van der Waals surface area contributed by atoms with E-state index in [0.717, 1.165) is 6.42 Å². The molecule has 0 amide bonds. The van der Waals surface area contributed by atoms with Crippen molar-refractivity contribution in [1.82, 2.24) is 0 Å². The molecule has 0 spiro atoms. The van der Waals surface area contributed by atoms with Crippen molar-refractivity contribution in [3.05, 3.63) is 35.9 Å². The molecule has 0 saturated heterocycles. The summed E-state index contributed by atoms with van der Waals surface area (Å²) in [5.74, 6) is 0. The van der Waals surface area contributed by atoms with Gasteiger partial charge in [0.05, 0.1) is 6.61 Å². The lowest BCUT2D eigenvalue weighted by Crippen LogP contribution is -2.06. The van der Waals surface area contributed by atoms with Crippen molar-refractivity contribution < 1.29 is 5.11 Å². The second-order valence-electron chi connectivity index (χ2n) is 2.47. The smallest absolute Gasteiger partial charge is 0.0552 e. The Bertz CT molecular complexity index is 198. The summed E-state index contributed by atoms with van der Waals surface area (Å²) in [4.78, 5) is 0.